The molecule has 0 saturated heterocycles. The van der Waals surface area contributed by atoms with Gasteiger partial charge in [-0.15, -0.1) is 0 Å². The van der Waals surface area contributed by atoms with Crippen molar-refractivity contribution in [1.82, 2.24) is 10.1 Å². The highest BCUT2D eigenvalue weighted by Crippen LogP contribution is 2.23. The molecule has 0 aliphatic heterocycles. The Labute approximate surface area is 136 Å². The molecular weight excluding hydrogens is 296 g/mol. The molecule has 1 aromatic carbocycles. The van der Waals surface area contributed by atoms with Gasteiger partial charge < -0.3 is 18.9 Å². The number of likely N-dealkylation sites (N-methyl/N-ethyl adjacent to an activating group) is 1. The molecule has 0 spiro atoms. The smallest absolute Gasteiger partial charge is 0.410 e. The van der Waals surface area contributed by atoms with Crippen LogP contribution in [-0.2, 0) is 4.74 Å². The summed E-state index contributed by atoms with van der Waals surface area (Å²) in [6.07, 6.45) is -0.383. The van der Waals surface area contributed by atoms with E-state index in [9.17, 15) is 4.79 Å². The van der Waals surface area contributed by atoms with Crippen molar-refractivity contribution < 1.29 is 18.8 Å². The van der Waals surface area contributed by atoms with Crippen LogP contribution in [-0.4, -0.2) is 42.0 Å². The second-order valence-corrected chi connectivity index (χ2v) is 6.15. The van der Waals surface area contributed by atoms with Crippen LogP contribution in [0, 0.1) is 0 Å². The Hall–Kier alpha value is -2.50. The van der Waals surface area contributed by atoms with Gasteiger partial charge in [-0.3, -0.25) is 0 Å². The summed E-state index contributed by atoms with van der Waals surface area (Å²) in [6.45, 7) is 6.18. The lowest BCUT2D eigenvalue weighted by molar-refractivity contribution is 0.0276. The Morgan fingerprint density at radius 2 is 1.96 bits per heavy atom. The van der Waals surface area contributed by atoms with Crippen LogP contribution in [0.3, 0.4) is 0 Å². The zero-order valence-corrected chi connectivity index (χ0v) is 13.9. The maximum atomic E-state index is 11.8. The first-order chi connectivity index (χ1) is 10.8. The van der Waals surface area contributed by atoms with Gasteiger partial charge in [-0.1, -0.05) is 30.3 Å². The third-order valence-corrected chi connectivity index (χ3v) is 2.93. The Kier molecular flexibility index (Phi) is 5.26. The van der Waals surface area contributed by atoms with E-state index in [1.807, 2.05) is 51.1 Å². The van der Waals surface area contributed by atoms with Gasteiger partial charge in [-0.05, 0) is 25.9 Å². The highest BCUT2D eigenvalue weighted by atomic mass is 16.6. The number of amides is 1. The third kappa shape index (κ3) is 5.32. The van der Waals surface area contributed by atoms with Gasteiger partial charge in [0.2, 0.25) is 0 Å². The van der Waals surface area contributed by atoms with Crippen LogP contribution in [0.1, 0.15) is 20.8 Å². The van der Waals surface area contributed by atoms with Crippen LogP contribution in [0.25, 0.3) is 11.3 Å². The van der Waals surface area contributed by atoms with Crippen LogP contribution < -0.4 is 4.74 Å². The first-order valence-electron chi connectivity index (χ1n) is 7.44. The molecule has 0 fully saturated rings. The molecule has 0 aliphatic rings. The van der Waals surface area contributed by atoms with E-state index < -0.39 is 5.60 Å². The minimum Gasteiger partial charge on any atom is -0.474 e. The summed E-state index contributed by atoms with van der Waals surface area (Å²) in [5, 5.41) is 3.86. The molecule has 23 heavy (non-hydrogen) atoms. The maximum absolute atomic E-state index is 11.8. The first-order valence-corrected chi connectivity index (χ1v) is 7.44. The normalized spacial score (nSPS) is 11.1. The van der Waals surface area contributed by atoms with E-state index in [1.165, 1.54) is 4.90 Å². The second-order valence-electron chi connectivity index (χ2n) is 6.15. The zero-order chi connectivity index (χ0) is 16.9. The molecule has 6 heteroatoms. The Bertz CT molecular complexity index is 632. The van der Waals surface area contributed by atoms with Crippen LogP contribution in [0.15, 0.2) is 40.9 Å². The first kappa shape index (κ1) is 16.9. The number of rotatable bonds is 5. The Balaban J connectivity index is 1.81. The van der Waals surface area contributed by atoms with Gasteiger partial charge in [0, 0.05) is 18.7 Å². The molecule has 6 nitrogen and oxygen atoms in total. The molecule has 0 N–H and O–H groups in total. The fraction of sp³-hybridized carbons (Fsp3) is 0.412. The SMILES string of the molecule is CN(CCOc1cc(-c2ccccc2)on1)C(=O)OC(C)(C)C. The van der Waals surface area contributed by atoms with E-state index in [-0.39, 0.29) is 6.09 Å². The molecule has 124 valence electrons. The van der Waals surface area contributed by atoms with Crippen molar-refractivity contribution in [3.8, 4) is 17.2 Å². The fourth-order valence-electron chi connectivity index (χ4n) is 1.78. The monoisotopic (exact) mass is 318 g/mol. The van der Waals surface area contributed by atoms with Gasteiger partial charge in [-0.25, -0.2) is 4.79 Å². The number of carbonyl (C=O) groups excluding carboxylic acids is 1. The molecular formula is C17H22N2O4. The zero-order valence-electron chi connectivity index (χ0n) is 13.9. The van der Waals surface area contributed by atoms with Crippen molar-refractivity contribution in [1.29, 1.82) is 0 Å². The molecule has 2 rings (SSSR count). The van der Waals surface area contributed by atoms with Gasteiger partial charge in [0.1, 0.15) is 12.2 Å². The van der Waals surface area contributed by atoms with E-state index in [2.05, 4.69) is 5.16 Å². The Morgan fingerprint density at radius 3 is 2.61 bits per heavy atom. The van der Waals surface area contributed by atoms with Crippen LogP contribution in [0.5, 0.6) is 5.88 Å². The lowest BCUT2D eigenvalue weighted by Crippen LogP contribution is -2.36. The molecule has 0 radical (unpaired) electrons. The standard InChI is InChI=1S/C17H22N2O4/c1-17(2,3)22-16(20)19(4)10-11-21-15-12-14(23-18-15)13-8-6-5-7-9-13/h5-9,12H,10-11H2,1-4H3. The largest absolute Gasteiger partial charge is 0.474 e. The number of benzene rings is 1. The highest BCUT2D eigenvalue weighted by Gasteiger charge is 2.19. The number of nitrogens with zero attached hydrogens (tertiary/aromatic N) is 2. The second kappa shape index (κ2) is 7.17. The van der Waals surface area contributed by atoms with Gasteiger partial charge in [-0.2, -0.15) is 0 Å². The van der Waals surface area contributed by atoms with Gasteiger partial charge in [0.15, 0.2) is 5.76 Å². The van der Waals surface area contributed by atoms with Crippen LogP contribution in [0.4, 0.5) is 4.79 Å². The maximum Gasteiger partial charge on any atom is 0.410 e. The number of aromatic nitrogens is 1. The minimum absolute atomic E-state index is 0.302. The van der Waals surface area contributed by atoms with E-state index in [0.717, 1.165) is 5.56 Å². The molecule has 1 heterocycles. The average molecular weight is 318 g/mol. The van der Waals surface area contributed by atoms with E-state index in [1.54, 1.807) is 13.1 Å². The van der Waals surface area contributed by atoms with Crippen molar-refractivity contribution in [2.45, 2.75) is 26.4 Å². The molecule has 0 unspecified atom stereocenters. The van der Waals surface area contributed by atoms with Gasteiger partial charge >= 0.3 is 6.09 Å². The summed E-state index contributed by atoms with van der Waals surface area (Å²) < 4.78 is 16.0. The summed E-state index contributed by atoms with van der Waals surface area (Å²) in [6, 6.07) is 11.4. The highest BCUT2D eigenvalue weighted by molar-refractivity contribution is 5.67. The van der Waals surface area contributed by atoms with Gasteiger partial charge in [0.25, 0.3) is 5.88 Å². The summed E-state index contributed by atoms with van der Waals surface area (Å²) in [5.74, 6) is 1.03. The van der Waals surface area contributed by atoms with E-state index in [0.29, 0.717) is 24.8 Å². The fourth-order valence-corrected chi connectivity index (χ4v) is 1.78. The summed E-state index contributed by atoms with van der Waals surface area (Å²) in [7, 11) is 1.66. The molecule has 0 saturated carbocycles. The summed E-state index contributed by atoms with van der Waals surface area (Å²) in [5.41, 5.74) is 0.420. The predicted molar refractivity (Wildman–Crippen MR) is 86.3 cm³/mol. The number of hydrogen-bond acceptors (Lipinski definition) is 5. The van der Waals surface area contributed by atoms with Crippen molar-refractivity contribution in [2.24, 2.45) is 0 Å². The van der Waals surface area contributed by atoms with Crippen molar-refractivity contribution in [2.75, 3.05) is 20.2 Å². The number of hydrogen-bond donors (Lipinski definition) is 0. The molecule has 0 aliphatic carbocycles. The van der Waals surface area contributed by atoms with Crippen molar-refractivity contribution in [3.63, 3.8) is 0 Å². The lowest BCUT2D eigenvalue weighted by atomic mass is 10.2. The number of carbonyl (C=O) groups is 1. The Morgan fingerprint density at radius 1 is 1.26 bits per heavy atom. The molecule has 1 aromatic heterocycles. The third-order valence-electron chi connectivity index (χ3n) is 2.93. The summed E-state index contributed by atoms with van der Waals surface area (Å²) >= 11 is 0. The van der Waals surface area contributed by atoms with Crippen molar-refractivity contribution >= 4 is 6.09 Å². The predicted octanol–water partition coefficient (Wildman–Crippen LogP) is 3.59. The molecule has 0 atom stereocenters. The molecule has 1 amide bonds. The quantitative estimate of drug-likeness (QED) is 0.843. The lowest BCUT2D eigenvalue weighted by Gasteiger charge is -2.24. The average Bonchev–Trinajstić information content (AvgIpc) is 2.95. The van der Waals surface area contributed by atoms with Crippen LogP contribution >= 0.6 is 0 Å². The summed E-state index contributed by atoms with van der Waals surface area (Å²) in [4.78, 5) is 13.3. The molecule has 0 bridgehead atoms. The minimum atomic E-state index is -0.511. The van der Waals surface area contributed by atoms with Crippen LogP contribution in [0.2, 0.25) is 0 Å². The van der Waals surface area contributed by atoms with Crippen molar-refractivity contribution in [3.05, 3.63) is 36.4 Å². The topological polar surface area (TPSA) is 64.8 Å². The van der Waals surface area contributed by atoms with E-state index in [4.69, 9.17) is 14.0 Å². The van der Waals surface area contributed by atoms with Gasteiger partial charge in [0.05, 0.1) is 6.54 Å². The molecule has 2 aromatic rings. The number of ether oxygens (including phenoxy) is 2. The van der Waals surface area contributed by atoms with E-state index >= 15 is 0 Å².